The first-order chi connectivity index (χ1) is 13.0. The minimum absolute atomic E-state index is 0.121. The molecule has 2 heterocycles. The van der Waals surface area contributed by atoms with Crippen molar-refractivity contribution in [2.75, 3.05) is 19.0 Å². The highest BCUT2D eigenvalue weighted by Gasteiger charge is 2.42. The number of amides is 2. The summed E-state index contributed by atoms with van der Waals surface area (Å²) in [5.74, 6) is -0.116. The van der Waals surface area contributed by atoms with Crippen LogP contribution in [0.5, 0.6) is 5.75 Å². The van der Waals surface area contributed by atoms with Gasteiger partial charge in [0.05, 0.1) is 17.4 Å². The zero-order valence-corrected chi connectivity index (χ0v) is 14.9. The molecule has 4 rings (SSSR count). The molecule has 0 bridgehead atoms. The Morgan fingerprint density at radius 3 is 2.56 bits per heavy atom. The number of nitrogens with one attached hydrogen (secondary N) is 1. The summed E-state index contributed by atoms with van der Waals surface area (Å²) in [7, 11) is 1.60. The van der Waals surface area contributed by atoms with E-state index in [2.05, 4.69) is 5.32 Å². The fourth-order valence-electron chi connectivity index (χ4n) is 3.54. The number of nitrogens with zero attached hydrogens (tertiary/aromatic N) is 1. The molecule has 1 saturated heterocycles. The number of aromatic hydroxyl groups is 1. The number of benzene rings is 2. The molecule has 2 amide bonds. The Balaban J connectivity index is 1.63. The fourth-order valence-corrected chi connectivity index (χ4v) is 3.54. The number of carbonyl (C=O) groups excluding carboxylic acids is 2. The Kier molecular flexibility index (Phi) is 4.41. The van der Waals surface area contributed by atoms with Crippen LogP contribution in [0.3, 0.4) is 0 Å². The van der Waals surface area contributed by atoms with Gasteiger partial charge in [0.2, 0.25) is 5.91 Å². The van der Waals surface area contributed by atoms with Crippen molar-refractivity contribution in [2.24, 2.45) is 0 Å². The molecule has 6 nitrogen and oxygen atoms in total. The van der Waals surface area contributed by atoms with Crippen LogP contribution in [-0.4, -0.2) is 47.6 Å². The number of fused-ring (bicyclic) bond motifs is 2. The number of methoxy groups -OCH3 is 1. The largest absolute Gasteiger partial charge is 0.508 e. The summed E-state index contributed by atoms with van der Waals surface area (Å²) in [6.07, 6.45) is 4.19. The van der Waals surface area contributed by atoms with Gasteiger partial charge in [-0.25, -0.2) is 0 Å². The monoisotopic (exact) mass is 364 g/mol. The van der Waals surface area contributed by atoms with Crippen molar-refractivity contribution in [3.05, 3.63) is 59.2 Å². The molecule has 2 aromatic rings. The first-order valence-corrected chi connectivity index (χ1v) is 8.81. The van der Waals surface area contributed by atoms with Gasteiger partial charge < -0.3 is 20.1 Å². The number of carbonyl (C=O) groups is 2. The van der Waals surface area contributed by atoms with Crippen molar-refractivity contribution in [1.29, 1.82) is 0 Å². The van der Waals surface area contributed by atoms with E-state index in [1.165, 1.54) is 0 Å². The quantitative estimate of drug-likeness (QED) is 0.821. The predicted molar refractivity (Wildman–Crippen MR) is 102 cm³/mol. The molecule has 6 heteroatoms. The molecule has 138 valence electrons. The fraction of sp³-hybridized carbons (Fsp3) is 0.238. The van der Waals surface area contributed by atoms with Crippen molar-refractivity contribution in [2.45, 2.75) is 18.6 Å². The van der Waals surface area contributed by atoms with Crippen LogP contribution in [0.1, 0.15) is 27.9 Å². The summed E-state index contributed by atoms with van der Waals surface area (Å²) in [5.41, 5.74) is 2.81. The van der Waals surface area contributed by atoms with E-state index in [9.17, 15) is 14.7 Å². The second kappa shape index (κ2) is 6.89. The maximum atomic E-state index is 13.0. The third-order valence-corrected chi connectivity index (χ3v) is 5.05. The van der Waals surface area contributed by atoms with Gasteiger partial charge in [-0.1, -0.05) is 30.4 Å². The zero-order valence-electron chi connectivity index (χ0n) is 14.9. The van der Waals surface area contributed by atoms with Crippen LogP contribution in [0.2, 0.25) is 0 Å². The van der Waals surface area contributed by atoms with E-state index in [1.807, 2.05) is 18.2 Å². The highest BCUT2D eigenvalue weighted by Crippen LogP contribution is 2.30. The summed E-state index contributed by atoms with van der Waals surface area (Å²) in [6, 6.07) is 11.8. The SMILES string of the molecule is CO[C@H]1C[C@@H]2C(=O)Nc3ccc(C=Cc4ccc(O)cc4)cc3C(=O)N2C1. The van der Waals surface area contributed by atoms with Gasteiger partial charge in [0.25, 0.3) is 5.91 Å². The molecule has 2 aliphatic rings. The van der Waals surface area contributed by atoms with Gasteiger partial charge in [0.1, 0.15) is 11.8 Å². The molecular weight excluding hydrogens is 344 g/mol. The van der Waals surface area contributed by atoms with Gasteiger partial charge in [-0.05, 0) is 35.4 Å². The molecule has 0 unspecified atom stereocenters. The van der Waals surface area contributed by atoms with E-state index in [0.717, 1.165) is 11.1 Å². The van der Waals surface area contributed by atoms with Crippen molar-refractivity contribution in [3.63, 3.8) is 0 Å². The van der Waals surface area contributed by atoms with E-state index in [0.29, 0.717) is 24.2 Å². The molecule has 0 spiro atoms. The van der Waals surface area contributed by atoms with Crippen LogP contribution < -0.4 is 5.32 Å². The van der Waals surface area contributed by atoms with E-state index >= 15 is 0 Å². The summed E-state index contributed by atoms with van der Waals surface area (Å²) < 4.78 is 5.35. The smallest absolute Gasteiger partial charge is 0.256 e. The molecule has 2 atom stereocenters. The lowest BCUT2D eigenvalue weighted by molar-refractivity contribution is -0.119. The van der Waals surface area contributed by atoms with Gasteiger partial charge in [0.15, 0.2) is 0 Å². The molecular formula is C21H20N2O4. The molecule has 27 heavy (non-hydrogen) atoms. The van der Waals surface area contributed by atoms with Crippen molar-refractivity contribution < 1.29 is 19.4 Å². The molecule has 0 aromatic heterocycles. The minimum Gasteiger partial charge on any atom is -0.508 e. The highest BCUT2D eigenvalue weighted by atomic mass is 16.5. The summed E-state index contributed by atoms with van der Waals surface area (Å²) in [6.45, 7) is 0.417. The van der Waals surface area contributed by atoms with Gasteiger partial charge >= 0.3 is 0 Å². The van der Waals surface area contributed by atoms with E-state index in [1.54, 1.807) is 48.4 Å². The third-order valence-electron chi connectivity index (χ3n) is 5.05. The Labute approximate surface area is 157 Å². The topological polar surface area (TPSA) is 78.9 Å². The summed E-state index contributed by atoms with van der Waals surface area (Å²) >= 11 is 0. The molecule has 0 aliphatic carbocycles. The van der Waals surface area contributed by atoms with E-state index in [-0.39, 0.29) is 23.7 Å². The van der Waals surface area contributed by atoms with Crippen molar-refractivity contribution in [1.82, 2.24) is 4.90 Å². The number of anilines is 1. The Bertz CT molecular complexity index is 920. The van der Waals surface area contributed by atoms with E-state index < -0.39 is 6.04 Å². The lowest BCUT2D eigenvalue weighted by atomic mass is 10.1. The number of phenols is 1. The van der Waals surface area contributed by atoms with Crippen LogP contribution in [0.25, 0.3) is 12.2 Å². The molecule has 0 radical (unpaired) electrons. The average molecular weight is 364 g/mol. The number of ether oxygens (including phenoxy) is 1. The first-order valence-electron chi connectivity index (χ1n) is 8.81. The van der Waals surface area contributed by atoms with Gasteiger partial charge in [-0.15, -0.1) is 0 Å². The number of hydrogen-bond acceptors (Lipinski definition) is 4. The highest BCUT2D eigenvalue weighted by molar-refractivity contribution is 6.10. The molecule has 0 saturated carbocycles. The third kappa shape index (κ3) is 3.31. The zero-order chi connectivity index (χ0) is 19.0. The van der Waals surface area contributed by atoms with Crippen LogP contribution in [0.15, 0.2) is 42.5 Å². The van der Waals surface area contributed by atoms with Gasteiger partial charge in [-0.2, -0.15) is 0 Å². The Hall–Kier alpha value is -3.12. The maximum absolute atomic E-state index is 13.0. The normalized spacial score (nSPS) is 21.7. The molecule has 2 aromatic carbocycles. The summed E-state index contributed by atoms with van der Waals surface area (Å²) in [5, 5.41) is 12.2. The lowest BCUT2D eigenvalue weighted by Gasteiger charge is -2.19. The Morgan fingerprint density at radius 2 is 1.81 bits per heavy atom. The number of phenolic OH excluding ortho intramolecular Hbond substituents is 1. The van der Waals surface area contributed by atoms with Crippen LogP contribution in [0, 0.1) is 0 Å². The standard InChI is InChI=1S/C21H20N2O4/c1-27-16-11-19-20(25)22-18-9-6-14(10-17(18)21(26)23(19)12-16)3-2-13-4-7-15(24)8-5-13/h2-10,16,19,24H,11-12H2,1H3,(H,22,25)/t16-,19+/m0/s1. The summed E-state index contributed by atoms with van der Waals surface area (Å²) in [4.78, 5) is 27.1. The Morgan fingerprint density at radius 1 is 1.11 bits per heavy atom. The predicted octanol–water partition coefficient (Wildman–Crippen LogP) is 2.74. The second-order valence-electron chi connectivity index (χ2n) is 6.79. The number of rotatable bonds is 3. The van der Waals surface area contributed by atoms with Crippen LogP contribution in [-0.2, 0) is 9.53 Å². The van der Waals surface area contributed by atoms with Crippen LogP contribution in [0.4, 0.5) is 5.69 Å². The lowest BCUT2D eigenvalue weighted by Crippen LogP contribution is -2.40. The average Bonchev–Trinajstić information content (AvgIpc) is 3.09. The van der Waals surface area contributed by atoms with Crippen molar-refractivity contribution >= 4 is 29.7 Å². The number of hydrogen-bond donors (Lipinski definition) is 2. The molecule has 2 aliphatic heterocycles. The second-order valence-corrected chi connectivity index (χ2v) is 6.79. The van der Waals surface area contributed by atoms with E-state index in [4.69, 9.17) is 4.74 Å². The first kappa shape index (κ1) is 17.3. The molecule has 2 N–H and O–H groups in total. The molecule has 1 fully saturated rings. The minimum atomic E-state index is -0.495. The van der Waals surface area contributed by atoms with Gasteiger partial charge in [0, 0.05) is 20.1 Å². The van der Waals surface area contributed by atoms with Crippen molar-refractivity contribution in [3.8, 4) is 5.75 Å². The van der Waals surface area contributed by atoms with Gasteiger partial charge in [-0.3, -0.25) is 9.59 Å². The van der Waals surface area contributed by atoms with Crippen LogP contribution >= 0.6 is 0 Å². The maximum Gasteiger partial charge on any atom is 0.256 e.